The van der Waals surface area contributed by atoms with Gasteiger partial charge < -0.3 is 15.3 Å². The Balaban J connectivity index is 1.94. The molecule has 2 amide bonds. The number of benzene rings is 1. The van der Waals surface area contributed by atoms with Crippen molar-refractivity contribution in [3.05, 3.63) is 30.1 Å². The average molecular weight is 266 g/mol. The summed E-state index contributed by atoms with van der Waals surface area (Å²) in [5, 5.41) is 12.5. The maximum absolute atomic E-state index is 12.8. The van der Waals surface area contributed by atoms with E-state index in [1.807, 2.05) is 6.92 Å². The Bertz CT molecular complexity index is 436. The molecule has 1 heterocycles. The Morgan fingerprint density at radius 1 is 1.47 bits per heavy atom. The number of nitrogens with one attached hydrogen (secondary N) is 1. The van der Waals surface area contributed by atoms with Crippen LogP contribution in [-0.2, 0) is 0 Å². The summed E-state index contributed by atoms with van der Waals surface area (Å²) in [7, 11) is 0. The molecule has 1 aromatic carbocycles. The number of carbonyl (C=O) groups is 1. The molecular weight excluding hydrogens is 247 g/mol. The molecule has 1 aliphatic rings. The first kappa shape index (κ1) is 13.8. The molecule has 5 heteroatoms. The normalized spacial score (nSPS) is 23.2. The number of hydrogen-bond donors (Lipinski definition) is 2. The van der Waals surface area contributed by atoms with E-state index in [4.69, 9.17) is 0 Å². The van der Waals surface area contributed by atoms with Gasteiger partial charge in [-0.15, -0.1) is 0 Å². The standard InChI is InChI=1S/C14H19FN2O2/c1-2-10-9-17(8-7-13(10)18)14(19)16-12-5-3-11(15)4-6-12/h3-6,10,13,18H,2,7-9H2,1H3,(H,16,19). The second kappa shape index (κ2) is 6.02. The number of aliphatic hydroxyl groups excluding tert-OH is 1. The van der Waals surface area contributed by atoms with Gasteiger partial charge in [0.25, 0.3) is 0 Å². The minimum absolute atomic E-state index is 0.132. The number of urea groups is 1. The van der Waals surface area contributed by atoms with Crippen molar-refractivity contribution in [3.63, 3.8) is 0 Å². The van der Waals surface area contributed by atoms with E-state index in [9.17, 15) is 14.3 Å². The first-order chi connectivity index (χ1) is 9.10. The molecule has 104 valence electrons. The molecule has 19 heavy (non-hydrogen) atoms. The quantitative estimate of drug-likeness (QED) is 0.864. The molecule has 2 atom stereocenters. The Hall–Kier alpha value is -1.62. The number of rotatable bonds is 2. The van der Waals surface area contributed by atoms with E-state index in [1.54, 1.807) is 4.90 Å². The Morgan fingerprint density at radius 3 is 2.79 bits per heavy atom. The molecule has 4 nitrogen and oxygen atoms in total. The third-order valence-corrected chi connectivity index (χ3v) is 3.60. The number of anilines is 1. The van der Waals surface area contributed by atoms with Gasteiger partial charge in [0.15, 0.2) is 0 Å². The number of halogens is 1. The Kier molecular flexibility index (Phi) is 4.37. The van der Waals surface area contributed by atoms with Gasteiger partial charge in [-0.1, -0.05) is 6.92 Å². The molecule has 2 N–H and O–H groups in total. The second-order valence-electron chi connectivity index (χ2n) is 4.91. The summed E-state index contributed by atoms with van der Waals surface area (Å²) >= 11 is 0. The lowest BCUT2D eigenvalue weighted by Crippen LogP contribution is -2.47. The van der Waals surface area contributed by atoms with Crippen LogP contribution in [0.5, 0.6) is 0 Å². The van der Waals surface area contributed by atoms with Gasteiger partial charge in [-0.2, -0.15) is 0 Å². The van der Waals surface area contributed by atoms with Crippen LogP contribution in [0.25, 0.3) is 0 Å². The fourth-order valence-electron chi connectivity index (χ4n) is 2.34. The van der Waals surface area contributed by atoms with Crippen LogP contribution in [0.2, 0.25) is 0 Å². The lowest BCUT2D eigenvalue weighted by atomic mass is 9.93. The van der Waals surface area contributed by atoms with Gasteiger partial charge in [-0.05, 0) is 37.1 Å². The Morgan fingerprint density at radius 2 is 2.16 bits per heavy atom. The number of hydrogen-bond acceptors (Lipinski definition) is 2. The number of amides is 2. The third-order valence-electron chi connectivity index (χ3n) is 3.60. The summed E-state index contributed by atoms with van der Waals surface area (Å²) in [5.41, 5.74) is 0.575. The van der Waals surface area contributed by atoms with E-state index < -0.39 is 0 Å². The summed E-state index contributed by atoms with van der Waals surface area (Å²) in [6.45, 7) is 3.12. The largest absolute Gasteiger partial charge is 0.393 e. The zero-order valence-electron chi connectivity index (χ0n) is 11.0. The summed E-state index contributed by atoms with van der Waals surface area (Å²) < 4.78 is 12.8. The molecule has 0 saturated carbocycles. The minimum Gasteiger partial charge on any atom is -0.393 e. The molecule has 0 bridgehead atoms. The zero-order valence-corrected chi connectivity index (χ0v) is 11.0. The predicted molar refractivity (Wildman–Crippen MR) is 71.4 cm³/mol. The second-order valence-corrected chi connectivity index (χ2v) is 4.91. The molecule has 0 radical (unpaired) electrons. The first-order valence-electron chi connectivity index (χ1n) is 6.59. The first-order valence-corrected chi connectivity index (χ1v) is 6.59. The summed E-state index contributed by atoms with van der Waals surface area (Å²) in [4.78, 5) is 13.8. The maximum Gasteiger partial charge on any atom is 0.321 e. The van der Waals surface area contributed by atoms with Crippen LogP contribution in [0.4, 0.5) is 14.9 Å². The highest BCUT2D eigenvalue weighted by atomic mass is 19.1. The summed E-state index contributed by atoms with van der Waals surface area (Å²) in [5.74, 6) is -0.196. The monoisotopic (exact) mass is 266 g/mol. The molecule has 2 rings (SSSR count). The smallest absolute Gasteiger partial charge is 0.321 e. The fraction of sp³-hybridized carbons (Fsp3) is 0.500. The van der Waals surface area contributed by atoms with Crippen LogP contribution in [0, 0.1) is 11.7 Å². The molecule has 0 aromatic heterocycles. The maximum atomic E-state index is 12.8. The van der Waals surface area contributed by atoms with Crippen LogP contribution < -0.4 is 5.32 Å². The average Bonchev–Trinajstić information content (AvgIpc) is 2.42. The van der Waals surface area contributed by atoms with Crippen LogP contribution in [0.3, 0.4) is 0 Å². The van der Waals surface area contributed by atoms with Crippen LogP contribution in [0.15, 0.2) is 24.3 Å². The lowest BCUT2D eigenvalue weighted by Gasteiger charge is -2.35. The van der Waals surface area contributed by atoms with Gasteiger partial charge in [0.05, 0.1) is 6.10 Å². The topological polar surface area (TPSA) is 52.6 Å². The molecule has 2 unspecified atom stereocenters. The van der Waals surface area contributed by atoms with Crippen LogP contribution >= 0.6 is 0 Å². The van der Waals surface area contributed by atoms with Crippen molar-refractivity contribution < 1.29 is 14.3 Å². The number of carbonyl (C=O) groups excluding carboxylic acids is 1. The molecular formula is C14H19FN2O2. The van der Waals surface area contributed by atoms with Gasteiger partial charge >= 0.3 is 6.03 Å². The van der Waals surface area contributed by atoms with Crippen LogP contribution in [-0.4, -0.2) is 35.2 Å². The molecule has 0 aliphatic carbocycles. The highest BCUT2D eigenvalue weighted by Gasteiger charge is 2.28. The fourth-order valence-corrected chi connectivity index (χ4v) is 2.34. The molecule has 1 aromatic rings. The molecule has 0 spiro atoms. The third kappa shape index (κ3) is 3.44. The van der Waals surface area contributed by atoms with E-state index in [2.05, 4.69) is 5.32 Å². The van der Waals surface area contributed by atoms with Crippen molar-refractivity contribution in [2.45, 2.75) is 25.9 Å². The Labute approximate surface area is 112 Å². The van der Waals surface area contributed by atoms with Gasteiger partial charge in [0.1, 0.15) is 5.82 Å². The van der Waals surface area contributed by atoms with Crippen molar-refractivity contribution >= 4 is 11.7 Å². The summed E-state index contributed by atoms with van der Waals surface area (Å²) in [6.07, 6.45) is 1.14. The SMILES string of the molecule is CCC1CN(C(=O)Nc2ccc(F)cc2)CCC1O. The molecule has 1 fully saturated rings. The number of piperidine rings is 1. The van der Waals surface area contributed by atoms with Crippen LogP contribution in [0.1, 0.15) is 19.8 Å². The van der Waals surface area contributed by atoms with Gasteiger partial charge in [0, 0.05) is 24.7 Å². The van der Waals surface area contributed by atoms with Crippen molar-refractivity contribution in [1.29, 1.82) is 0 Å². The van der Waals surface area contributed by atoms with Gasteiger partial charge in [-0.3, -0.25) is 0 Å². The van der Waals surface area contributed by atoms with Crippen molar-refractivity contribution in [2.75, 3.05) is 18.4 Å². The van der Waals surface area contributed by atoms with Gasteiger partial charge in [-0.25, -0.2) is 9.18 Å². The lowest BCUT2D eigenvalue weighted by molar-refractivity contribution is 0.0405. The number of aliphatic hydroxyl groups is 1. The van der Waals surface area contributed by atoms with Gasteiger partial charge in [0.2, 0.25) is 0 Å². The highest BCUT2D eigenvalue weighted by molar-refractivity contribution is 5.89. The van der Waals surface area contributed by atoms with E-state index in [1.165, 1.54) is 24.3 Å². The van der Waals surface area contributed by atoms with E-state index >= 15 is 0 Å². The predicted octanol–water partition coefficient (Wildman–Crippen LogP) is 2.45. The van der Waals surface area contributed by atoms with Crippen molar-refractivity contribution in [3.8, 4) is 0 Å². The van der Waals surface area contributed by atoms with E-state index in [-0.39, 0.29) is 23.9 Å². The summed E-state index contributed by atoms with van der Waals surface area (Å²) in [6, 6.07) is 5.48. The van der Waals surface area contributed by atoms with Crippen molar-refractivity contribution in [2.24, 2.45) is 5.92 Å². The minimum atomic E-state index is -0.329. The van der Waals surface area contributed by atoms with E-state index in [0.717, 1.165) is 6.42 Å². The molecule has 1 saturated heterocycles. The molecule has 1 aliphatic heterocycles. The highest BCUT2D eigenvalue weighted by Crippen LogP contribution is 2.21. The number of nitrogens with zero attached hydrogens (tertiary/aromatic N) is 1. The van der Waals surface area contributed by atoms with Crippen molar-refractivity contribution in [1.82, 2.24) is 4.90 Å². The zero-order chi connectivity index (χ0) is 13.8. The van der Waals surface area contributed by atoms with E-state index in [0.29, 0.717) is 25.2 Å². The number of likely N-dealkylation sites (tertiary alicyclic amines) is 1.